The lowest BCUT2D eigenvalue weighted by atomic mass is 9.97. The minimum absolute atomic E-state index is 0.165. The summed E-state index contributed by atoms with van der Waals surface area (Å²) in [4.78, 5) is 25.8. The van der Waals surface area contributed by atoms with Crippen molar-refractivity contribution in [2.75, 3.05) is 13.1 Å². The number of nitriles is 1. The van der Waals surface area contributed by atoms with Gasteiger partial charge in [0.2, 0.25) is 0 Å². The number of carbonyl (C=O) groups excluding carboxylic acids is 1. The lowest BCUT2D eigenvalue weighted by Crippen LogP contribution is -2.42. The van der Waals surface area contributed by atoms with Gasteiger partial charge in [-0.25, -0.2) is 4.79 Å². The third kappa shape index (κ3) is 4.59. The van der Waals surface area contributed by atoms with E-state index in [1.165, 1.54) is 6.07 Å². The molecular weight excluding hydrogens is 294 g/mol. The molecule has 1 saturated heterocycles. The van der Waals surface area contributed by atoms with E-state index in [1.807, 2.05) is 26.8 Å². The first-order valence-electron chi connectivity index (χ1n) is 7.87. The van der Waals surface area contributed by atoms with Gasteiger partial charge in [-0.15, -0.1) is 0 Å². The monoisotopic (exact) mass is 317 g/mol. The van der Waals surface area contributed by atoms with Crippen molar-refractivity contribution in [1.29, 1.82) is 5.26 Å². The molecule has 0 saturated carbocycles. The molecule has 0 aliphatic carbocycles. The third-order valence-electron chi connectivity index (χ3n) is 3.86. The van der Waals surface area contributed by atoms with E-state index in [0.717, 1.165) is 12.8 Å². The number of aromatic nitrogens is 1. The predicted molar refractivity (Wildman–Crippen MR) is 85.9 cm³/mol. The molecule has 0 bridgehead atoms. The average Bonchev–Trinajstić information content (AvgIpc) is 2.48. The van der Waals surface area contributed by atoms with Crippen LogP contribution in [0.3, 0.4) is 0 Å². The molecule has 1 amide bonds. The summed E-state index contributed by atoms with van der Waals surface area (Å²) >= 11 is 0. The highest BCUT2D eigenvalue weighted by atomic mass is 16.6. The van der Waals surface area contributed by atoms with Gasteiger partial charge in [-0.3, -0.25) is 4.79 Å². The summed E-state index contributed by atoms with van der Waals surface area (Å²) in [5.74, 6) is 0.320. The maximum Gasteiger partial charge on any atom is 0.410 e. The summed E-state index contributed by atoms with van der Waals surface area (Å²) in [6.07, 6.45) is 3.08. The van der Waals surface area contributed by atoms with Gasteiger partial charge in [-0.05, 0) is 51.7 Å². The van der Waals surface area contributed by atoms with Gasteiger partial charge in [-0.2, -0.15) is 5.26 Å². The van der Waals surface area contributed by atoms with Crippen LogP contribution in [0.2, 0.25) is 0 Å². The molecule has 0 spiro atoms. The molecule has 0 aromatic carbocycles. The number of nitrogens with zero attached hydrogens (tertiary/aromatic N) is 3. The lowest BCUT2D eigenvalue weighted by Gasteiger charge is -2.33. The Labute approximate surface area is 136 Å². The van der Waals surface area contributed by atoms with Crippen LogP contribution in [0.4, 0.5) is 4.79 Å². The van der Waals surface area contributed by atoms with Crippen molar-refractivity contribution in [3.63, 3.8) is 0 Å². The molecule has 1 aromatic heterocycles. The van der Waals surface area contributed by atoms with Crippen molar-refractivity contribution >= 4 is 6.09 Å². The molecule has 0 N–H and O–H groups in total. The Hall–Kier alpha value is -2.29. The van der Waals surface area contributed by atoms with Crippen molar-refractivity contribution in [2.24, 2.45) is 5.92 Å². The van der Waals surface area contributed by atoms with Crippen LogP contribution in [-0.2, 0) is 11.3 Å². The molecule has 23 heavy (non-hydrogen) atoms. The number of piperidine rings is 1. The zero-order valence-electron chi connectivity index (χ0n) is 13.9. The number of hydrogen-bond acceptors (Lipinski definition) is 4. The third-order valence-corrected chi connectivity index (χ3v) is 3.86. The van der Waals surface area contributed by atoms with E-state index in [2.05, 4.69) is 0 Å². The zero-order chi connectivity index (χ0) is 17.0. The van der Waals surface area contributed by atoms with E-state index in [0.29, 0.717) is 25.6 Å². The molecule has 2 rings (SSSR count). The summed E-state index contributed by atoms with van der Waals surface area (Å²) in [5.41, 5.74) is -0.567. The van der Waals surface area contributed by atoms with Crippen molar-refractivity contribution in [2.45, 2.75) is 45.8 Å². The minimum Gasteiger partial charge on any atom is -0.444 e. The van der Waals surface area contributed by atoms with Crippen molar-refractivity contribution in [1.82, 2.24) is 9.47 Å². The molecule has 1 aliphatic rings. The molecule has 6 nitrogen and oxygen atoms in total. The number of pyridine rings is 1. The van der Waals surface area contributed by atoms with Crippen molar-refractivity contribution in [3.8, 4) is 6.07 Å². The van der Waals surface area contributed by atoms with Gasteiger partial charge < -0.3 is 14.2 Å². The van der Waals surface area contributed by atoms with Crippen LogP contribution in [0.15, 0.2) is 23.1 Å². The van der Waals surface area contributed by atoms with Gasteiger partial charge >= 0.3 is 6.09 Å². The van der Waals surface area contributed by atoms with Gasteiger partial charge in [-0.1, -0.05) is 0 Å². The van der Waals surface area contributed by atoms with E-state index in [1.54, 1.807) is 21.7 Å². The standard InChI is InChI=1S/C17H23N3O3/c1-17(2,3)23-16(22)19-9-6-13(7-10-19)12-20-8-4-5-14(11-18)15(20)21/h4-5,8,13H,6-7,9-10,12H2,1-3H3. The molecule has 124 valence electrons. The van der Waals surface area contributed by atoms with Crippen molar-refractivity contribution < 1.29 is 9.53 Å². The molecule has 0 radical (unpaired) electrons. The van der Waals surface area contributed by atoms with Gasteiger partial charge in [0.25, 0.3) is 5.56 Å². The molecule has 1 aromatic rings. The number of rotatable bonds is 2. The van der Waals surface area contributed by atoms with Crippen LogP contribution in [0.5, 0.6) is 0 Å². The highest BCUT2D eigenvalue weighted by Gasteiger charge is 2.27. The summed E-state index contributed by atoms with van der Waals surface area (Å²) in [6, 6.07) is 5.16. The van der Waals surface area contributed by atoms with Gasteiger partial charge in [0.1, 0.15) is 17.2 Å². The number of amides is 1. The van der Waals surface area contributed by atoms with Crippen LogP contribution in [0, 0.1) is 17.2 Å². The average molecular weight is 317 g/mol. The van der Waals surface area contributed by atoms with Crippen molar-refractivity contribution in [3.05, 3.63) is 34.2 Å². The van der Waals surface area contributed by atoms with E-state index in [4.69, 9.17) is 10.00 Å². The van der Waals surface area contributed by atoms with Gasteiger partial charge in [0.15, 0.2) is 0 Å². The predicted octanol–water partition coefficient (Wildman–Crippen LogP) is 2.37. The fourth-order valence-corrected chi connectivity index (χ4v) is 2.67. The zero-order valence-corrected chi connectivity index (χ0v) is 13.9. The van der Waals surface area contributed by atoms with E-state index < -0.39 is 5.60 Å². The normalized spacial score (nSPS) is 16.0. The first-order valence-corrected chi connectivity index (χ1v) is 7.87. The second-order valence-electron chi connectivity index (χ2n) is 6.90. The first-order chi connectivity index (χ1) is 10.8. The maximum atomic E-state index is 12.1. The van der Waals surface area contributed by atoms with E-state index in [9.17, 15) is 9.59 Å². The molecule has 6 heteroatoms. The second kappa shape index (κ2) is 6.86. The largest absolute Gasteiger partial charge is 0.444 e. The van der Waals surface area contributed by atoms with Crippen LogP contribution in [0.25, 0.3) is 0 Å². The minimum atomic E-state index is -0.487. The molecule has 1 fully saturated rings. The van der Waals surface area contributed by atoms with Crippen LogP contribution < -0.4 is 5.56 Å². The molecular formula is C17H23N3O3. The summed E-state index contributed by atoms with van der Waals surface area (Å²) in [5, 5.41) is 8.92. The number of hydrogen-bond donors (Lipinski definition) is 0. The number of ether oxygens (including phenoxy) is 1. The Kier molecular flexibility index (Phi) is 5.09. The van der Waals surface area contributed by atoms with E-state index in [-0.39, 0.29) is 17.2 Å². The Balaban J connectivity index is 1.92. The quantitative estimate of drug-likeness (QED) is 0.839. The lowest BCUT2D eigenvalue weighted by molar-refractivity contribution is 0.0178. The van der Waals surface area contributed by atoms with Crippen LogP contribution in [0.1, 0.15) is 39.2 Å². The topological polar surface area (TPSA) is 75.3 Å². The fourth-order valence-electron chi connectivity index (χ4n) is 2.67. The summed E-state index contributed by atoms with van der Waals surface area (Å²) in [7, 11) is 0. The summed E-state index contributed by atoms with van der Waals surface area (Å²) < 4.78 is 6.97. The Bertz CT molecular complexity index is 659. The highest BCUT2D eigenvalue weighted by Crippen LogP contribution is 2.20. The maximum absolute atomic E-state index is 12.1. The molecule has 0 atom stereocenters. The highest BCUT2D eigenvalue weighted by molar-refractivity contribution is 5.68. The Morgan fingerprint density at radius 1 is 1.39 bits per heavy atom. The smallest absolute Gasteiger partial charge is 0.410 e. The number of carbonyl (C=O) groups is 1. The second-order valence-corrected chi connectivity index (χ2v) is 6.90. The fraction of sp³-hybridized carbons (Fsp3) is 0.588. The SMILES string of the molecule is CC(C)(C)OC(=O)N1CCC(Cn2cccc(C#N)c2=O)CC1. The molecule has 1 aliphatic heterocycles. The number of likely N-dealkylation sites (tertiary alicyclic amines) is 1. The first kappa shape index (κ1) is 17.1. The molecule has 2 heterocycles. The van der Waals surface area contributed by atoms with Crippen LogP contribution >= 0.6 is 0 Å². The molecule has 0 unspecified atom stereocenters. The van der Waals surface area contributed by atoms with Gasteiger partial charge in [0.05, 0.1) is 0 Å². The van der Waals surface area contributed by atoms with E-state index >= 15 is 0 Å². The Morgan fingerprint density at radius 2 is 2.04 bits per heavy atom. The van der Waals surface area contributed by atoms with Gasteiger partial charge in [0, 0.05) is 25.8 Å². The summed E-state index contributed by atoms with van der Waals surface area (Å²) in [6.45, 7) is 7.40. The Morgan fingerprint density at radius 3 is 2.61 bits per heavy atom. The van der Waals surface area contributed by atoms with Crippen LogP contribution in [-0.4, -0.2) is 34.3 Å².